The Morgan fingerprint density at radius 3 is 2.59 bits per heavy atom. The third-order valence-corrected chi connectivity index (χ3v) is 9.07. The first-order valence-corrected chi connectivity index (χ1v) is 14.7. The molecule has 1 aliphatic carbocycles. The molecule has 1 spiro atoms. The molecular formula is C31H43NO9. The van der Waals surface area contributed by atoms with Crippen molar-refractivity contribution in [3.8, 4) is 11.5 Å². The quantitative estimate of drug-likeness (QED) is 0.403. The zero-order chi connectivity index (χ0) is 29.6. The van der Waals surface area contributed by atoms with Gasteiger partial charge in [0, 0.05) is 6.54 Å². The Balaban J connectivity index is 1.50. The molecule has 1 aromatic rings. The molecule has 0 amide bonds. The summed E-state index contributed by atoms with van der Waals surface area (Å²) < 4.78 is 28.8. The van der Waals surface area contributed by atoms with Crippen molar-refractivity contribution in [3.63, 3.8) is 0 Å². The maximum Gasteiger partial charge on any atom is 0.339 e. The number of nitrogens with zero attached hydrogens (tertiary/aromatic N) is 1. The van der Waals surface area contributed by atoms with Crippen molar-refractivity contribution in [1.82, 2.24) is 4.90 Å². The number of fused-ring (bicyclic) bond motifs is 3. The molecule has 3 heterocycles. The van der Waals surface area contributed by atoms with E-state index in [4.69, 9.17) is 23.7 Å². The number of carbonyl (C=O) groups is 2. The monoisotopic (exact) mass is 573 g/mol. The number of carbonyl (C=O) groups excluding carboxylic acids is 2. The third kappa shape index (κ3) is 5.66. The van der Waals surface area contributed by atoms with Gasteiger partial charge in [-0.2, -0.15) is 0 Å². The molecule has 0 saturated carbocycles. The molecule has 3 aliphatic heterocycles. The Labute approximate surface area is 241 Å². The Morgan fingerprint density at radius 2 is 1.90 bits per heavy atom. The summed E-state index contributed by atoms with van der Waals surface area (Å²) in [6.07, 6.45) is 3.43. The summed E-state index contributed by atoms with van der Waals surface area (Å²) in [4.78, 5) is 29.2. The van der Waals surface area contributed by atoms with Crippen LogP contribution in [0.3, 0.4) is 0 Å². The van der Waals surface area contributed by atoms with Crippen molar-refractivity contribution in [2.45, 2.75) is 108 Å². The molecule has 226 valence electrons. The lowest BCUT2D eigenvalue weighted by molar-refractivity contribution is -0.181. The molecule has 1 aromatic carbocycles. The van der Waals surface area contributed by atoms with Gasteiger partial charge in [-0.25, -0.2) is 4.79 Å². The zero-order valence-corrected chi connectivity index (χ0v) is 24.7. The van der Waals surface area contributed by atoms with Crippen molar-refractivity contribution < 1.29 is 43.5 Å². The first-order chi connectivity index (χ1) is 19.4. The SMILES string of the molecule is CCC(C)OC(=O)C[C@](O)(CCC(C)(C)O)C(=O)O[C@@H]1C(OC)=C[C@]23CCCN2CCc2cc4c(cc2[C@H]13)OCO4. The van der Waals surface area contributed by atoms with Gasteiger partial charge in [-0.1, -0.05) is 6.92 Å². The minimum absolute atomic E-state index is 0.0697. The number of hydrogen-bond donors (Lipinski definition) is 2. The average Bonchev–Trinajstić information content (AvgIpc) is 3.60. The largest absolute Gasteiger partial charge is 0.497 e. The summed E-state index contributed by atoms with van der Waals surface area (Å²) >= 11 is 0. The maximum absolute atomic E-state index is 13.9. The van der Waals surface area contributed by atoms with Crippen LogP contribution in [0.25, 0.3) is 0 Å². The second kappa shape index (κ2) is 11.1. The molecule has 2 N–H and O–H groups in total. The van der Waals surface area contributed by atoms with Crippen molar-refractivity contribution in [2.24, 2.45) is 0 Å². The normalized spacial score (nSPS) is 27.0. The number of hydrogen-bond acceptors (Lipinski definition) is 10. The van der Waals surface area contributed by atoms with Gasteiger partial charge in [0.2, 0.25) is 6.79 Å². The molecule has 10 heteroatoms. The lowest BCUT2D eigenvalue weighted by Gasteiger charge is -2.39. The first-order valence-electron chi connectivity index (χ1n) is 14.7. The molecular weight excluding hydrogens is 530 g/mol. The Bertz CT molecular complexity index is 1210. The third-order valence-electron chi connectivity index (χ3n) is 9.07. The lowest BCUT2D eigenvalue weighted by atomic mass is 9.77. The second-order valence-electron chi connectivity index (χ2n) is 12.5. The molecule has 0 aromatic heterocycles. The van der Waals surface area contributed by atoms with Gasteiger partial charge in [-0.3, -0.25) is 9.69 Å². The number of aliphatic hydroxyl groups is 2. The lowest BCUT2D eigenvalue weighted by Crippen LogP contribution is -2.50. The van der Waals surface area contributed by atoms with E-state index in [9.17, 15) is 19.8 Å². The number of benzene rings is 1. The zero-order valence-electron chi connectivity index (χ0n) is 24.7. The molecule has 0 bridgehead atoms. The molecule has 1 unspecified atom stereocenters. The summed E-state index contributed by atoms with van der Waals surface area (Å²) in [6.45, 7) is 8.69. The Morgan fingerprint density at radius 1 is 1.17 bits per heavy atom. The van der Waals surface area contributed by atoms with Crippen LogP contribution in [0, 0.1) is 0 Å². The van der Waals surface area contributed by atoms with Crippen LogP contribution in [-0.4, -0.2) is 83.0 Å². The van der Waals surface area contributed by atoms with Crippen molar-refractivity contribution in [2.75, 3.05) is 27.0 Å². The van der Waals surface area contributed by atoms with E-state index in [0.29, 0.717) is 23.7 Å². The van der Waals surface area contributed by atoms with Crippen LogP contribution in [-0.2, 0) is 30.2 Å². The van der Waals surface area contributed by atoms with Gasteiger partial charge in [0.25, 0.3) is 0 Å². The summed E-state index contributed by atoms with van der Waals surface area (Å²) in [5.74, 6) is -0.101. The second-order valence-corrected chi connectivity index (χ2v) is 12.5. The van der Waals surface area contributed by atoms with Gasteiger partial charge < -0.3 is 33.9 Å². The van der Waals surface area contributed by atoms with Crippen LogP contribution < -0.4 is 9.47 Å². The minimum Gasteiger partial charge on any atom is -0.497 e. The number of esters is 2. The highest BCUT2D eigenvalue weighted by atomic mass is 16.7. The van der Waals surface area contributed by atoms with Gasteiger partial charge in [0.05, 0.1) is 36.7 Å². The summed E-state index contributed by atoms with van der Waals surface area (Å²) in [6, 6.07) is 4.00. The van der Waals surface area contributed by atoms with Gasteiger partial charge in [-0.15, -0.1) is 0 Å². The van der Waals surface area contributed by atoms with Crippen LogP contribution in [0.5, 0.6) is 11.5 Å². The molecule has 10 nitrogen and oxygen atoms in total. The van der Waals surface area contributed by atoms with E-state index >= 15 is 0 Å². The van der Waals surface area contributed by atoms with Crippen LogP contribution in [0.4, 0.5) is 0 Å². The highest BCUT2D eigenvalue weighted by Gasteiger charge is 2.59. The number of methoxy groups -OCH3 is 1. The fraction of sp³-hybridized carbons (Fsp3) is 0.677. The fourth-order valence-electron chi connectivity index (χ4n) is 6.68. The minimum atomic E-state index is -2.20. The molecule has 0 radical (unpaired) electrons. The average molecular weight is 574 g/mol. The summed E-state index contributed by atoms with van der Waals surface area (Å²) in [5, 5.41) is 22.1. The maximum atomic E-state index is 13.9. The van der Waals surface area contributed by atoms with Gasteiger partial charge >= 0.3 is 11.9 Å². The molecule has 1 saturated heterocycles. The highest BCUT2D eigenvalue weighted by molar-refractivity contribution is 5.86. The molecule has 5 atom stereocenters. The van der Waals surface area contributed by atoms with Crippen molar-refractivity contribution >= 4 is 11.9 Å². The van der Waals surface area contributed by atoms with E-state index in [1.807, 2.05) is 19.1 Å². The smallest absolute Gasteiger partial charge is 0.339 e. The van der Waals surface area contributed by atoms with Crippen molar-refractivity contribution in [3.05, 3.63) is 35.1 Å². The van der Waals surface area contributed by atoms with E-state index in [1.54, 1.807) is 27.9 Å². The van der Waals surface area contributed by atoms with Gasteiger partial charge in [0.15, 0.2) is 23.2 Å². The topological polar surface area (TPSA) is 124 Å². The van der Waals surface area contributed by atoms with Crippen LogP contribution in [0.15, 0.2) is 24.0 Å². The Hall–Kier alpha value is -2.82. The molecule has 41 heavy (non-hydrogen) atoms. The van der Waals surface area contributed by atoms with E-state index in [0.717, 1.165) is 43.5 Å². The van der Waals surface area contributed by atoms with E-state index in [-0.39, 0.29) is 31.7 Å². The number of ether oxygens (including phenoxy) is 5. The fourth-order valence-corrected chi connectivity index (χ4v) is 6.68. The van der Waals surface area contributed by atoms with Crippen LogP contribution in [0.1, 0.15) is 83.3 Å². The first kappa shape index (κ1) is 29.7. The van der Waals surface area contributed by atoms with Gasteiger partial charge in [0.1, 0.15) is 5.76 Å². The van der Waals surface area contributed by atoms with Crippen LogP contribution in [0.2, 0.25) is 0 Å². The van der Waals surface area contributed by atoms with E-state index < -0.39 is 41.2 Å². The molecule has 1 fully saturated rings. The van der Waals surface area contributed by atoms with Crippen LogP contribution >= 0.6 is 0 Å². The summed E-state index contributed by atoms with van der Waals surface area (Å²) in [5.41, 5.74) is -1.71. The predicted octanol–water partition coefficient (Wildman–Crippen LogP) is 3.36. The number of rotatable bonds is 10. The Kier molecular flexibility index (Phi) is 8.04. The standard InChI is InChI=1S/C31H43NO9/c1-6-19(2)40-25(33)17-31(36,11-10-29(3,4)35)28(34)41-27-24(37-5)16-30-9-7-12-32(30)13-8-20-14-22-23(39-18-38-22)15-21(20)26(27)30/h14-16,19,26-27,35-36H,6-13,17-18H2,1-5H3/t19?,26-,27-,30+,31-/m1/s1. The van der Waals surface area contributed by atoms with Crippen molar-refractivity contribution in [1.29, 1.82) is 0 Å². The van der Waals surface area contributed by atoms with E-state index in [1.165, 1.54) is 0 Å². The highest BCUT2D eigenvalue weighted by Crippen LogP contribution is 2.55. The predicted molar refractivity (Wildman–Crippen MR) is 148 cm³/mol. The summed E-state index contributed by atoms with van der Waals surface area (Å²) in [7, 11) is 1.55. The molecule has 5 rings (SSSR count). The molecule has 4 aliphatic rings. The van der Waals surface area contributed by atoms with Gasteiger partial charge in [-0.05, 0) is 95.2 Å². The van der Waals surface area contributed by atoms with E-state index in [2.05, 4.69) is 11.0 Å².